The lowest BCUT2D eigenvalue weighted by molar-refractivity contribution is -0.116. The molecule has 94 valence electrons. The Kier molecular flexibility index (Phi) is 3.89. The number of carbonyl (C=O) groups is 1. The number of halogens is 1. The van der Waals surface area contributed by atoms with Gasteiger partial charge >= 0.3 is 0 Å². The molecule has 0 aliphatic rings. The Labute approximate surface area is 110 Å². The third kappa shape index (κ3) is 3.28. The zero-order valence-electron chi connectivity index (χ0n) is 9.65. The van der Waals surface area contributed by atoms with Crippen molar-refractivity contribution < 1.29 is 9.21 Å². The van der Waals surface area contributed by atoms with E-state index in [4.69, 9.17) is 21.8 Å². The van der Waals surface area contributed by atoms with Crippen LogP contribution in [0.2, 0.25) is 5.02 Å². The standard InChI is InChI=1S/C13H13ClN2O2/c14-9-3-5-11(15)12(8-9)16-13(17)6-4-10-2-1-7-18-10/h1-3,5,7-8H,4,6,15H2,(H,16,17). The number of nitrogens with two attached hydrogens (primary N) is 1. The van der Waals surface area contributed by atoms with Gasteiger partial charge in [-0.05, 0) is 30.3 Å². The van der Waals surface area contributed by atoms with Gasteiger partial charge < -0.3 is 15.5 Å². The highest BCUT2D eigenvalue weighted by molar-refractivity contribution is 6.31. The average Bonchev–Trinajstić information content (AvgIpc) is 2.84. The molecule has 2 aromatic rings. The zero-order chi connectivity index (χ0) is 13.0. The molecule has 1 aromatic carbocycles. The van der Waals surface area contributed by atoms with Crippen LogP contribution in [0.4, 0.5) is 11.4 Å². The SMILES string of the molecule is Nc1ccc(Cl)cc1NC(=O)CCc1ccco1. The van der Waals surface area contributed by atoms with Crippen LogP contribution in [0.25, 0.3) is 0 Å². The summed E-state index contributed by atoms with van der Waals surface area (Å²) in [7, 11) is 0. The Morgan fingerprint density at radius 1 is 1.39 bits per heavy atom. The first kappa shape index (κ1) is 12.5. The number of hydrogen-bond donors (Lipinski definition) is 2. The second-order valence-corrected chi connectivity index (χ2v) is 4.30. The molecule has 0 unspecified atom stereocenters. The van der Waals surface area contributed by atoms with Gasteiger partial charge in [0.15, 0.2) is 0 Å². The molecule has 0 saturated heterocycles. The van der Waals surface area contributed by atoms with E-state index in [0.717, 1.165) is 5.76 Å². The van der Waals surface area contributed by atoms with Crippen molar-refractivity contribution in [3.8, 4) is 0 Å². The second-order valence-electron chi connectivity index (χ2n) is 3.86. The maximum absolute atomic E-state index is 11.7. The van der Waals surface area contributed by atoms with Crippen LogP contribution in [-0.4, -0.2) is 5.91 Å². The minimum absolute atomic E-state index is 0.125. The molecule has 0 radical (unpaired) electrons. The van der Waals surface area contributed by atoms with Gasteiger partial charge in [0.1, 0.15) is 5.76 Å². The Balaban J connectivity index is 1.92. The highest BCUT2D eigenvalue weighted by Crippen LogP contribution is 2.23. The van der Waals surface area contributed by atoms with Gasteiger partial charge in [0.25, 0.3) is 0 Å². The molecule has 0 fully saturated rings. The van der Waals surface area contributed by atoms with Crippen LogP contribution in [0, 0.1) is 0 Å². The molecule has 0 atom stereocenters. The molecule has 18 heavy (non-hydrogen) atoms. The molecule has 1 aromatic heterocycles. The van der Waals surface area contributed by atoms with Crippen molar-refractivity contribution in [1.82, 2.24) is 0 Å². The molecule has 5 heteroatoms. The van der Waals surface area contributed by atoms with E-state index in [9.17, 15) is 4.79 Å². The van der Waals surface area contributed by atoms with Crippen LogP contribution < -0.4 is 11.1 Å². The molecule has 0 aliphatic carbocycles. The quantitative estimate of drug-likeness (QED) is 0.834. The molecule has 1 amide bonds. The van der Waals surface area contributed by atoms with E-state index in [1.165, 1.54) is 0 Å². The Morgan fingerprint density at radius 2 is 2.22 bits per heavy atom. The van der Waals surface area contributed by atoms with Gasteiger partial charge in [-0.3, -0.25) is 4.79 Å². The Morgan fingerprint density at radius 3 is 2.94 bits per heavy atom. The smallest absolute Gasteiger partial charge is 0.224 e. The number of rotatable bonds is 4. The maximum atomic E-state index is 11.7. The lowest BCUT2D eigenvalue weighted by Crippen LogP contribution is -2.13. The normalized spacial score (nSPS) is 10.3. The summed E-state index contributed by atoms with van der Waals surface area (Å²) in [5.41, 5.74) is 6.76. The third-order valence-corrected chi connectivity index (χ3v) is 2.70. The number of carbonyl (C=O) groups excluding carboxylic acids is 1. The van der Waals surface area contributed by atoms with Crippen LogP contribution in [0.5, 0.6) is 0 Å². The van der Waals surface area contributed by atoms with E-state index in [1.807, 2.05) is 6.07 Å². The van der Waals surface area contributed by atoms with E-state index in [1.54, 1.807) is 30.5 Å². The second kappa shape index (κ2) is 5.60. The highest BCUT2D eigenvalue weighted by Gasteiger charge is 2.07. The van der Waals surface area contributed by atoms with Gasteiger partial charge in [0, 0.05) is 17.9 Å². The van der Waals surface area contributed by atoms with Crippen LogP contribution in [-0.2, 0) is 11.2 Å². The van der Waals surface area contributed by atoms with Gasteiger partial charge in [0.2, 0.25) is 5.91 Å². The molecular weight excluding hydrogens is 252 g/mol. The van der Waals surface area contributed by atoms with Crippen LogP contribution in [0.3, 0.4) is 0 Å². The molecule has 0 aliphatic heterocycles. The fourth-order valence-corrected chi connectivity index (χ4v) is 1.71. The summed E-state index contributed by atoms with van der Waals surface area (Å²) < 4.78 is 5.15. The highest BCUT2D eigenvalue weighted by atomic mass is 35.5. The van der Waals surface area contributed by atoms with Crippen LogP contribution >= 0.6 is 11.6 Å². The van der Waals surface area contributed by atoms with Gasteiger partial charge in [-0.2, -0.15) is 0 Å². The Bertz CT molecular complexity index is 538. The summed E-state index contributed by atoms with van der Waals surface area (Å²) in [5, 5.41) is 3.26. The number of nitrogens with one attached hydrogen (secondary N) is 1. The lowest BCUT2D eigenvalue weighted by atomic mass is 10.2. The fraction of sp³-hybridized carbons (Fsp3) is 0.154. The van der Waals surface area contributed by atoms with Crippen molar-refractivity contribution in [3.05, 3.63) is 47.4 Å². The number of anilines is 2. The summed E-state index contributed by atoms with van der Waals surface area (Å²) >= 11 is 5.84. The average molecular weight is 265 g/mol. The largest absolute Gasteiger partial charge is 0.469 e. The molecule has 4 nitrogen and oxygen atoms in total. The number of benzene rings is 1. The lowest BCUT2D eigenvalue weighted by Gasteiger charge is -2.08. The van der Waals surface area contributed by atoms with E-state index in [0.29, 0.717) is 29.2 Å². The van der Waals surface area contributed by atoms with Crippen molar-refractivity contribution >= 4 is 28.9 Å². The summed E-state index contributed by atoms with van der Waals surface area (Å²) in [4.78, 5) is 11.7. The molecule has 1 heterocycles. The van der Waals surface area contributed by atoms with E-state index < -0.39 is 0 Å². The van der Waals surface area contributed by atoms with Crippen molar-refractivity contribution in [2.24, 2.45) is 0 Å². The zero-order valence-corrected chi connectivity index (χ0v) is 10.4. The summed E-state index contributed by atoms with van der Waals surface area (Å²) in [6.45, 7) is 0. The number of nitrogen functional groups attached to an aromatic ring is 1. The van der Waals surface area contributed by atoms with Crippen molar-refractivity contribution in [3.63, 3.8) is 0 Å². The molecule has 2 rings (SSSR count). The summed E-state index contributed by atoms with van der Waals surface area (Å²) in [6.07, 6.45) is 2.47. The predicted octanol–water partition coefficient (Wildman–Crippen LogP) is 3.09. The van der Waals surface area contributed by atoms with E-state index in [2.05, 4.69) is 5.32 Å². The van der Waals surface area contributed by atoms with Crippen LogP contribution in [0.1, 0.15) is 12.2 Å². The minimum Gasteiger partial charge on any atom is -0.469 e. The van der Waals surface area contributed by atoms with E-state index >= 15 is 0 Å². The molecule has 3 N–H and O–H groups in total. The maximum Gasteiger partial charge on any atom is 0.224 e. The summed E-state index contributed by atoms with van der Waals surface area (Å²) in [5.74, 6) is 0.657. The van der Waals surface area contributed by atoms with Crippen molar-refractivity contribution in [2.45, 2.75) is 12.8 Å². The first-order valence-corrected chi connectivity index (χ1v) is 5.90. The van der Waals surface area contributed by atoms with Gasteiger partial charge in [-0.1, -0.05) is 11.6 Å². The number of amides is 1. The molecule has 0 spiro atoms. The molecular formula is C13H13ClN2O2. The first-order chi connectivity index (χ1) is 8.65. The van der Waals surface area contributed by atoms with Gasteiger partial charge in [-0.15, -0.1) is 0 Å². The van der Waals surface area contributed by atoms with Crippen LogP contribution in [0.15, 0.2) is 41.0 Å². The third-order valence-electron chi connectivity index (χ3n) is 2.47. The van der Waals surface area contributed by atoms with Gasteiger partial charge in [0.05, 0.1) is 17.6 Å². The number of furan rings is 1. The minimum atomic E-state index is -0.125. The van der Waals surface area contributed by atoms with Crippen molar-refractivity contribution in [2.75, 3.05) is 11.1 Å². The first-order valence-electron chi connectivity index (χ1n) is 5.52. The predicted molar refractivity (Wildman–Crippen MR) is 71.5 cm³/mol. The topological polar surface area (TPSA) is 68.3 Å². The number of aryl methyl sites for hydroxylation is 1. The van der Waals surface area contributed by atoms with Crippen molar-refractivity contribution in [1.29, 1.82) is 0 Å². The fourth-order valence-electron chi connectivity index (χ4n) is 1.54. The van der Waals surface area contributed by atoms with Gasteiger partial charge in [-0.25, -0.2) is 0 Å². The molecule has 0 saturated carbocycles. The molecule has 0 bridgehead atoms. The van der Waals surface area contributed by atoms with E-state index in [-0.39, 0.29) is 5.91 Å². The summed E-state index contributed by atoms with van der Waals surface area (Å²) in [6, 6.07) is 8.59. The Hall–Kier alpha value is -1.94. The monoisotopic (exact) mass is 264 g/mol. The number of hydrogen-bond acceptors (Lipinski definition) is 3.